The van der Waals surface area contributed by atoms with E-state index >= 15 is 0 Å². The summed E-state index contributed by atoms with van der Waals surface area (Å²) in [6.07, 6.45) is -2.98. The van der Waals surface area contributed by atoms with Crippen molar-refractivity contribution in [3.05, 3.63) is 0 Å². The Balaban J connectivity index is 2.08. The molecule has 88 valence electrons. The minimum absolute atomic E-state index is 0.201. The van der Waals surface area contributed by atoms with Crippen LogP contribution in [0, 0.1) is 5.41 Å². The number of aliphatic hydroxyl groups is 3. The van der Waals surface area contributed by atoms with Gasteiger partial charge >= 0.3 is 6.10 Å². The van der Waals surface area contributed by atoms with Gasteiger partial charge in [0.1, 0.15) is 0 Å². The Morgan fingerprint density at radius 3 is 1.93 bits per heavy atom. The Labute approximate surface area is 85.5 Å². The van der Waals surface area contributed by atoms with Crippen LogP contribution in [0.15, 0.2) is 0 Å². The topological polar surface area (TPSA) is 67.2 Å². The van der Waals surface area contributed by atoms with E-state index in [0.29, 0.717) is 0 Å². The first-order valence-corrected chi connectivity index (χ1v) is 4.65. The lowest BCUT2D eigenvalue weighted by atomic mass is 9.76. The summed E-state index contributed by atoms with van der Waals surface area (Å²) in [5, 5.41) is 26.4. The normalized spacial score (nSPS) is 30.8. The third kappa shape index (κ3) is 1.55. The fourth-order valence-electron chi connectivity index (χ4n) is 2.42. The van der Waals surface area contributed by atoms with Crippen molar-refractivity contribution in [1.82, 2.24) is 9.80 Å². The molecule has 2 rings (SSSR count). The van der Waals surface area contributed by atoms with E-state index in [2.05, 4.69) is 0 Å². The van der Waals surface area contributed by atoms with E-state index < -0.39 is 17.4 Å². The van der Waals surface area contributed by atoms with Gasteiger partial charge in [-0.3, -0.25) is 4.90 Å². The summed E-state index contributed by atoms with van der Waals surface area (Å²) in [5.41, 5.74) is -1.25. The number of nitrogens with zero attached hydrogens (tertiary/aromatic N) is 2. The first-order chi connectivity index (χ1) is 6.66. The maximum Gasteiger partial charge on any atom is 0.345 e. The highest BCUT2D eigenvalue weighted by molar-refractivity contribution is 5.10. The second-order valence-electron chi connectivity index (χ2n) is 4.61. The largest absolute Gasteiger partial charge is 0.345 e. The van der Waals surface area contributed by atoms with E-state index in [1.54, 1.807) is 7.05 Å². The van der Waals surface area contributed by atoms with Gasteiger partial charge in [-0.2, -0.15) is 0 Å². The summed E-state index contributed by atoms with van der Waals surface area (Å²) >= 11 is 0. The van der Waals surface area contributed by atoms with Crippen LogP contribution in [0.2, 0.25) is 0 Å². The van der Waals surface area contributed by atoms with Gasteiger partial charge in [-0.05, 0) is 7.05 Å². The highest BCUT2D eigenvalue weighted by Crippen LogP contribution is 2.50. The molecule has 5 nitrogen and oxygen atoms in total. The summed E-state index contributed by atoms with van der Waals surface area (Å²) in [7, 11) is 1.59. The lowest BCUT2D eigenvalue weighted by Gasteiger charge is -2.52. The molecule has 2 fully saturated rings. The number of alkyl halides is 2. The molecule has 3 N–H and O–H groups in total. The zero-order valence-corrected chi connectivity index (χ0v) is 8.32. The number of likely N-dealkylation sites (tertiary alicyclic amines) is 2. The predicted octanol–water partition coefficient (Wildman–Crippen LogP) is -1.54. The quantitative estimate of drug-likeness (QED) is 0.471. The summed E-state index contributed by atoms with van der Waals surface area (Å²) in [5.74, 6) is -2.84. The summed E-state index contributed by atoms with van der Waals surface area (Å²) in [4.78, 5) is 2.31. The highest BCUT2D eigenvalue weighted by Gasteiger charge is 2.67. The van der Waals surface area contributed by atoms with Gasteiger partial charge in [0.05, 0.1) is 12.0 Å². The first-order valence-electron chi connectivity index (χ1n) is 4.65. The van der Waals surface area contributed by atoms with Crippen LogP contribution in [-0.4, -0.2) is 70.4 Å². The van der Waals surface area contributed by atoms with E-state index in [4.69, 9.17) is 15.3 Å². The molecule has 2 saturated heterocycles. The molecule has 0 aromatic heterocycles. The van der Waals surface area contributed by atoms with E-state index in [0.717, 1.165) is 4.90 Å². The Bertz CT molecular complexity index is 274. The van der Waals surface area contributed by atoms with Crippen molar-refractivity contribution in [3.63, 3.8) is 0 Å². The van der Waals surface area contributed by atoms with E-state index in [9.17, 15) is 8.78 Å². The van der Waals surface area contributed by atoms with Crippen LogP contribution in [0.4, 0.5) is 8.78 Å². The van der Waals surface area contributed by atoms with Gasteiger partial charge in [0.25, 0.3) is 5.92 Å². The van der Waals surface area contributed by atoms with Crippen LogP contribution in [0.5, 0.6) is 0 Å². The highest BCUT2D eigenvalue weighted by atomic mass is 19.3. The predicted molar refractivity (Wildman–Crippen MR) is 45.8 cm³/mol. The molecule has 2 aliphatic heterocycles. The Morgan fingerprint density at radius 1 is 1.07 bits per heavy atom. The molecule has 0 unspecified atom stereocenters. The average Bonchev–Trinajstić information content (AvgIpc) is 2.13. The molecule has 0 aliphatic carbocycles. The smallest absolute Gasteiger partial charge is 0.330 e. The molecular weight excluding hydrogens is 210 g/mol. The molecule has 0 bridgehead atoms. The monoisotopic (exact) mass is 224 g/mol. The second kappa shape index (κ2) is 2.86. The molecule has 0 saturated carbocycles. The van der Waals surface area contributed by atoms with Gasteiger partial charge in [-0.25, -0.2) is 13.7 Å². The minimum Gasteiger partial charge on any atom is -0.330 e. The summed E-state index contributed by atoms with van der Waals surface area (Å²) in [6.45, 7) is -0.551. The van der Waals surface area contributed by atoms with Crippen molar-refractivity contribution < 1.29 is 24.1 Å². The van der Waals surface area contributed by atoms with Gasteiger partial charge in [0.15, 0.2) is 0 Å². The Morgan fingerprint density at radius 2 is 1.60 bits per heavy atom. The van der Waals surface area contributed by atoms with Crippen LogP contribution in [-0.2, 0) is 0 Å². The molecule has 0 amide bonds. The van der Waals surface area contributed by atoms with E-state index in [-0.39, 0.29) is 26.2 Å². The van der Waals surface area contributed by atoms with E-state index in [1.165, 1.54) is 4.90 Å². The number of hydrogen-bond acceptors (Lipinski definition) is 5. The molecule has 15 heavy (non-hydrogen) atoms. The SMILES string of the molecule is CN1CC(F)(F)C2(C1)CN(C(O)(O)O)C2. The fourth-order valence-corrected chi connectivity index (χ4v) is 2.42. The van der Waals surface area contributed by atoms with Gasteiger partial charge in [0, 0.05) is 19.6 Å². The number of halogens is 2. The fraction of sp³-hybridized carbons (Fsp3) is 1.00. The molecule has 2 aliphatic rings. The second-order valence-corrected chi connectivity index (χ2v) is 4.61. The zero-order valence-electron chi connectivity index (χ0n) is 8.32. The molecule has 0 aromatic carbocycles. The van der Waals surface area contributed by atoms with Crippen LogP contribution in [0.1, 0.15) is 0 Å². The van der Waals surface area contributed by atoms with Crippen molar-refractivity contribution >= 4 is 0 Å². The van der Waals surface area contributed by atoms with Gasteiger partial charge in [0.2, 0.25) is 0 Å². The maximum absolute atomic E-state index is 13.5. The molecule has 0 radical (unpaired) electrons. The maximum atomic E-state index is 13.5. The molecule has 1 spiro atoms. The van der Waals surface area contributed by atoms with Gasteiger partial charge in [-0.15, -0.1) is 0 Å². The molecule has 7 heteroatoms. The van der Waals surface area contributed by atoms with Crippen LogP contribution in [0.3, 0.4) is 0 Å². The number of hydrogen-bond donors (Lipinski definition) is 3. The van der Waals surface area contributed by atoms with Crippen LogP contribution < -0.4 is 0 Å². The van der Waals surface area contributed by atoms with Crippen LogP contribution in [0.25, 0.3) is 0 Å². The lowest BCUT2D eigenvalue weighted by molar-refractivity contribution is -0.424. The third-order valence-electron chi connectivity index (χ3n) is 3.23. The molecular formula is C8H14F2N2O3. The molecule has 0 aromatic rings. The van der Waals surface area contributed by atoms with Gasteiger partial charge < -0.3 is 15.3 Å². The van der Waals surface area contributed by atoms with Crippen molar-refractivity contribution in [2.24, 2.45) is 5.41 Å². The Hall–Kier alpha value is -0.340. The molecule has 2 heterocycles. The van der Waals surface area contributed by atoms with Crippen molar-refractivity contribution in [1.29, 1.82) is 0 Å². The van der Waals surface area contributed by atoms with Gasteiger partial charge in [-0.1, -0.05) is 0 Å². The minimum atomic E-state index is -2.98. The average molecular weight is 224 g/mol. The van der Waals surface area contributed by atoms with Crippen molar-refractivity contribution in [3.8, 4) is 0 Å². The van der Waals surface area contributed by atoms with Crippen molar-refractivity contribution in [2.75, 3.05) is 33.2 Å². The van der Waals surface area contributed by atoms with E-state index in [1.807, 2.05) is 0 Å². The summed E-state index contributed by atoms with van der Waals surface area (Å²) < 4.78 is 27.1. The first kappa shape index (κ1) is 11.2. The standard InChI is InChI=1S/C8H14F2N2O3/c1-11-2-6(7(9,10)5-11)3-12(4-6)8(13,14)15/h13-15H,2-5H2,1H3. The Kier molecular flexibility index (Phi) is 2.13. The summed E-state index contributed by atoms with van der Waals surface area (Å²) in [6, 6.07) is 0. The molecule has 0 atom stereocenters. The third-order valence-corrected chi connectivity index (χ3v) is 3.23. The zero-order chi connectivity index (χ0) is 11.5. The van der Waals surface area contributed by atoms with Crippen LogP contribution >= 0.6 is 0 Å². The van der Waals surface area contributed by atoms with Crippen molar-refractivity contribution in [2.45, 2.75) is 12.0 Å². The lowest BCUT2D eigenvalue weighted by Crippen LogP contribution is -2.70. The number of rotatable bonds is 1.